The number of nitrogens with zero attached hydrogens (tertiary/aromatic N) is 4. The van der Waals surface area contributed by atoms with Crippen LogP contribution in [0.5, 0.6) is 0 Å². The van der Waals surface area contributed by atoms with Gasteiger partial charge in [0.2, 0.25) is 0 Å². The van der Waals surface area contributed by atoms with Crippen molar-refractivity contribution in [1.29, 1.82) is 0 Å². The van der Waals surface area contributed by atoms with Gasteiger partial charge in [0.15, 0.2) is 0 Å². The summed E-state index contributed by atoms with van der Waals surface area (Å²) in [6.45, 7) is 11.7. The van der Waals surface area contributed by atoms with Crippen LogP contribution in [-0.4, -0.2) is 41.0 Å². The normalized spacial score (nSPS) is 15.0. The van der Waals surface area contributed by atoms with E-state index in [0.717, 1.165) is 43.4 Å². The Morgan fingerprint density at radius 1 is 0.903 bits per heavy atom. The molecule has 0 N–H and O–H groups in total. The molecule has 2 aromatic carbocycles. The van der Waals surface area contributed by atoms with Crippen molar-refractivity contribution in [3.8, 4) is 11.1 Å². The molecule has 4 nitrogen and oxygen atoms in total. The van der Waals surface area contributed by atoms with Crippen LogP contribution in [0, 0.1) is 20.8 Å². The molecular weight excluding hydrogens is 400 g/mol. The lowest BCUT2D eigenvalue weighted by Gasteiger charge is -2.35. The first-order chi connectivity index (χ1) is 15.1. The van der Waals surface area contributed by atoms with Gasteiger partial charge in [-0.15, -0.1) is 11.3 Å². The van der Waals surface area contributed by atoms with Crippen LogP contribution in [0.2, 0.25) is 0 Å². The molecule has 0 aliphatic carbocycles. The molecule has 0 atom stereocenters. The molecule has 0 radical (unpaired) electrons. The molecule has 1 aliphatic heterocycles. The first-order valence-corrected chi connectivity index (χ1v) is 11.8. The Balaban J connectivity index is 1.43. The number of aryl methyl sites for hydroxylation is 2. The van der Waals surface area contributed by atoms with E-state index in [4.69, 9.17) is 4.98 Å². The summed E-state index contributed by atoms with van der Waals surface area (Å²) in [5, 5.41) is 3.45. The van der Waals surface area contributed by atoms with E-state index >= 15 is 0 Å². The van der Waals surface area contributed by atoms with Gasteiger partial charge in [0, 0.05) is 43.7 Å². The highest BCUT2D eigenvalue weighted by Crippen LogP contribution is 2.39. The maximum atomic E-state index is 4.76. The van der Waals surface area contributed by atoms with Crippen molar-refractivity contribution in [3.05, 3.63) is 76.4 Å². The Morgan fingerprint density at radius 3 is 2.32 bits per heavy atom. The lowest BCUT2D eigenvalue weighted by atomic mass is 9.96. The molecule has 3 heterocycles. The highest BCUT2D eigenvalue weighted by molar-refractivity contribution is 7.17. The van der Waals surface area contributed by atoms with Crippen LogP contribution in [-0.2, 0) is 6.54 Å². The number of benzene rings is 2. The molecule has 31 heavy (non-hydrogen) atoms. The van der Waals surface area contributed by atoms with E-state index in [-0.39, 0.29) is 0 Å². The standard InChI is InChI=1S/C26H28N4S/c1-18-13-22(14-19(2)20(18)3)23-16-31-26-24(23)25(27-17-28-26)30-11-9-29(10-12-30)15-21-7-5-4-6-8-21/h4-8,13-14,16-17H,9-12,15H2,1-3H3. The van der Waals surface area contributed by atoms with Gasteiger partial charge >= 0.3 is 0 Å². The molecule has 4 aromatic rings. The van der Waals surface area contributed by atoms with Crippen molar-refractivity contribution in [1.82, 2.24) is 14.9 Å². The van der Waals surface area contributed by atoms with E-state index in [2.05, 4.69) is 83.4 Å². The van der Waals surface area contributed by atoms with Gasteiger partial charge in [-0.3, -0.25) is 4.90 Å². The Bertz CT molecular complexity index is 1180. The smallest absolute Gasteiger partial charge is 0.141 e. The highest BCUT2D eigenvalue weighted by atomic mass is 32.1. The van der Waals surface area contributed by atoms with E-state index in [0.29, 0.717) is 0 Å². The first-order valence-electron chi connectivity index (χ1n) is 10.9. The van der Waals surface area contributed by atoms with Gasteiger partial charge in [-0.25, -0.2) is 9.97 Å². The summed E-state index contributed by atoms with van der Waals surface area (Å²) >= 11 is 1.72. The fourth-order valence-electron chi connectivity index (χ4n) is 4.46. The van der Waals surface area contributed by atoms with E-state index in [1.807, 2.05) is 0 Å². The third-order valence-corrected chi connectivity index (χ3v) is 7.40. The van der Waals surface area contributed by atoms with Crippen LogP contribution in [0.15, 0.2) is 54.2 Å². The van der Waals surface area contributed by atoms with Crippen LogP contribution in [0.4, 0.5) is 5.82 Å². The Labute approximate surface area is 188 Å². The number of rotatable bonds is 4. The third-order valence-electron chi connectivity index (χ3n) is 6.51. The van der Waals surface area contributed by atoms with Gasteiger partial charge in [0.25, 0.3) is 0 Å². The molecule has 0 amide bonds. The second kappa shape index (κ2) is 8.40. The number of aromatic nitrogens is 2. The van der Waals surface area contributed by atoms with E-state index in [9.17, 15) is 0 Å². The lowest BCUT2D eigenvalue weighted by molar-refractivity contribution is 0.249. The second-order valence-electron chi connectivity index (χ2n) is 8.51. The minimum absolute atomic E-state index is 0.986. The summed E-state index contributed by atoms with van der Waals surface area (Å²) in [5.74, 6) is 1.08. The van der Waals surface area contributed by atoms with Crippen LogP contribution in [0.3, 0.4) is 0 Å². The molecular formula is C26H28N4S. The number of anilines is 1. The number of fused-ring (bicyclic) bond motifs is 1. The average Bonchev–Trinajstić information content (AvgIpc) is 3.23. The average molecular weight is 429 g/mol. The predicted molar refractivity (Wildman–Crippen MR) is 131 cm³/mol. The zero-order chi connectivity index (χ0) is 21.4. The molecule has 0 bridgehead atoms. The summed E-state index contributed by atoms with van der Waals surface area (Å²) in [5.41, 5.74) is 7.95. The number of thiophene rings is 1. The van der Waals surface area contributed by atoms with Gasteiger partial charge in [-0.05, 0) is 48.6 Å². The minimum Gasteiger partial charge on any atom is -0.353 e. The first kappa shape index (κ1) is 20.2. The molecule has 5 rings (SSSR count). The van der Waals surface area contributed by atoms with Gasteiger partial charge in [-0.1, -0.05) is 42.5 Å². The molecule has 0 spiro atoms. The molecule has 1 saturated heterocycles. The van der Waals surface area contributed by atoms with E-state index in [1.54, 1.807) is 17.7 Å². The molecule has 0 unspecified atom stereocenters. The van der Waals surface area contributed by atoms with Gasteiger partial charge < -0.3 is 4.90 Å². The summed E-state index contributed by atoms with van der Waals surface area (Å²) in [6.07, 6.45) is 1.72. The van der Waals surface area contributed by atoms with E-state index in [1.165, 1.54) is 38.8 Å². The fourth-order valence-corrected chi connectivity index (χ4v) is 5.37. The Kier molecular flexibility index (Phi) is 5.47. The molecule has 1 aliphatic rings. The second-order valence-corrected chi connectivity index (χ2v) is 9.37. The molecule has 1 fully saturated rings. The third kappa shape index (κ3) is 3.95. The minimum atomic E-state index is 0.986. The summed E-state index contributed by atoms with van der Waals surface area (Å²) in [6, 6.07) is 15.4. The largest absolute Gasteiger partial charge is 0.353 e. The summed E-state index contributed by atoms with van der Waals surface area (Å²) < 4.78 is 0. The van der Waals surface area contributed by atoms with Crippen molar-refractivity contribution < 1.29 is 0 Å². The quantitative estimate of drug-likeness (QED) is 0.423. The van der Waals surface area contributed by atoms with Crippen LogP contribution in [0.25, 0.3) is 21.3 Å². The molecule has 0 saturated carbocycles. The topological polar surface area (TPSA) is 32.3 Å². The Hall–Kier alpha value is -2.76. The van der Waals surface area contributed by atoms with Crippen molar-refractivity contribution in [2.24, 2.45) is 0 Å². The maximum Gasteiger partial charge on any atom is 0.141 e. The van der Waals surface area contributed by atoms with Crippen molar-refractivity contribution in [2.75, 3.05) is 31.1 Å². The van der Waals surface area contributed by atoms with Crippen LogP contribution < -0.4 is 4.90 Å². The number of hydrogen-bond donors (Lipinski definition) is 0. The van der Waals surface area contributed by atoms with Crippen LogP contribution in [0.1, 0.15) is 22.3 Å². The summed E-state index contributed by atoms with van der Waals surface area (Å²) in [4.78, 5) is 15.4. The number of piperazine rings is 1. The fraction of sp³-hybridized carbons (Fsp3) is 0.308. The maximum absolute atomic E-state index is 4.76. The van der Waals surface area contributed by atoms with Gasteiger partial charge in [-0.2, -0.15) is 0 Å². The van der Waals surface area contributed by atoms with Crippen molar-refractivity contribution >= 4 is 27.4 Å². The highest BCUT2D eigenvalue weighted by Gasteiger charge is 2.22. The van der Waals surface area contributed by atoms with E-state index < -0.39 is 0 Å². The zero-order valence-corrected chi connectivity index (χ0v) is 19.2. The van der Waals surface area contributed by atoms with Crippen molar-refractivity contribution in [3.63, 3.8) is 0 Å². The predicted octanol–water partition coefficient (Wildman–Crippen LogP) is 5.61. The molecule has 5 heteroatoms. The monoisotopic (exact) mass is 428 g/mol. The number of hydrogen-bond acceptors (Lipinski definition) is 5. The molecule has 158 valence electrons. The van der Waals surface area contributed by atoms with Crippen LogP contribution >= 0.6 is 11.3 Å². The van der Waals surface area contributed by atoms with Gasteiger partial charge in [0.1, 0.15) is 17.0 Å². The molecule has 2 aromatic heterocycles. The SMILES string of the molecule is Cc1cc(-c2csc3ncnc(N4CCN(Cc5ccccc5)CC4)c23)cc(C)c1C. The zero-order valence-electron chi connectivity index (χ0n) is 18.4. The Morgan fingerprint density at radius 2 is 1.61 bits per heavy atom. The van der Waals surface area contributed by atoms with Crippen molar-refractivity contribution in [2.45, 2.75) is 27.3 Å². The summed E-state index contributed by atoms with van der Waals surface area (Å²) in [7, 11) is 0. The lowest BCUT2D eigenvalue weighted by Crippen LogP contribution is -2.46. The van der Waals surface area contributed by atoms with Gasteiger partial charge in [0.05, 0.1) is 5.39 Å².